The molecule has 0 unspecified atom stereocenters. The van der Waals surface area contributed by atoms with E-state index in [1.165, 1.54) is 37.1 Å². The van der Waals surface area contributed by atoms with E-state index < -0.39 is 5.97 Å². The Kier molecular flexibility index (Phi) is 4.19. The molecule has 0 amide bonds. The molecule has 0 spiro atoms. The smallest absolute Gasteiger partial charge is 0.330 e. The number of methoxy groups -OCH3 is 1. The van der Waals surface area contributed by atoms with Crippen molar-refractivity contribution >= 4 is 17.7 Å². The van der Waals surface area contributed by atoms with Crippen LogP contribution in [0.4, 0.5) is 4.39 Å². The number of carbonyl (C=O) groups is 1. The molecular formula is C10H9FO2S. The van der Waals surface area contributed by atoms with E-state index >= 15 is 0 Å². The Morgan fingerprint density at radius 2 is 2.36 bits per heavy atom. The van der Waals surface area contributed by atoms with Crippen molar-refractivity contribution in [3.05, 3.63) is 41.6 Å². The maximum Gasteiger partial charge on any atom is 0.330 e. The number of ether oxygens (including phenoxy) is 1. The van der Waals surface area contributed by atoms with Gasteiger partial charge in [0.2, 0.25) is 0 Å². The van der Waals surface area contributed by atoms with E-state index in [0.717, 1.165) is 4.90 Å². The average molecular weight is 212 g/mol. The van der Waals surface area contributed by atoms with Crippen LogP contribution in [0.1, 0.15) is 0 Å². The summed E-state index contributed by atoms with van der Waals surface area (Å²) in [5.41, 5.74) is 0. The first-order chi connectivity index (χ1) is 6.72. The van der Waals surface area contributed by atoms with Crippen LogP contribution < -0.4 is 0 Å². The molecule has 0 heterocycles. The Bertz CT molecular complexity index is 350. The van der Waals surface area contributed by atoms with Gasteiger partial charge in [0, 0.05) is 11.0 Å². The van der Waals surface area contributed by atoms with E-state index in [1.54, 1.807) is 17.5 Å². The molecule has 2 nitrogen and oxygen atoms in total. The number of carbonyl (C=O) groups excluding carboxylic acids is 1. The Morgan fingerprint density at radius 3 is 3.00 bits per heavy atom. The van der Waals surface area contributed by atoms with Crippen LogP contribution in [0.15, 0.2) is 40.6 Å². The fourth-order valence-corrected chi connectivity index (χ4v) is 1.45. The van der Waals surface area contributed by atoms with Gasteiger partial charge < -0.3 is 4.74 Å². The molecule has 1 rings (SSSR count). The number of hydrogen-bond acceptors (Lipinski definition) is 3. The molecule has 0 fully saturated rings. The number of hydrogen-bond donors (Lipinski definition) is 0. The van der Waals surface area contributed by atoms with Gasteiger partial charge in [-0.05, 0) is 23.6 Å². The SMILES string of the molecule is COC(=O)C=CSc1cccc(F)c1. The summed E-state index contributed by atoms with van der Waals surface area (Å²) in [7, 11) is 1.31. The molecule has 0 atom stereocenters. The van der Waals surface area contributed by atoms with Gasteiger partial charge in [-0.2, -0.15) is 0 Å². The van der Waals surface area contributed by atoms with Gasteiger partial charge in [-0.1, -0.05) is 17.8 Å². The average Bonchev–Trinajstić information content (AvgIpc) is 2.17. The first-order valence-electron chi connectivity index (χ1n) is 3.89. The first kappa shape index (κ1) is 10.8. The molecule has 0 aromatic heterocycles. The number of benzene rings is 1. The van der Waals surface area contributed by atoms with Crippen molar-refractivity contribution in [1.82, 2.24) is 0 Å². The highest BCUT2D eigenvalue weighted by molar-refractivity contribution is 8.02. The third-order valence-electron chi connectivity index (χ3n) is 1.41. The minimum absolute atomic E-state index is 0.290. The van der Waals surface area contributed by atoms with Crippen molar-refractivity contribution < 1.29 is 13.9 Å². The predicted octanol–water partition coefficient (Wildman–Crippen LogP) is 2.60. The van der Waals surface area contributed by atoms with Gasteiger partial charge in [0.05, 0.1) is 7.11 Å². The normalized spacial score (nSPS) is 10.4. The van der Waals surface area contributed by atoms with Crippen LogP contribution >= 0.6 is 11.8 Å². The van der Waals surface area contributed by atoms with E-state index in [-0.39, 0.29) is 5.82 Å². The zero-order chi connectivity index (χ0) is 10.4. The van der Waals surface area contributed by atoms with Gasteiger partial charge in [-0.3, -0.25) is 0 Å². The number of esters is 1. The fraction of sp³-hybridized carbons (Fsp3) is 0.100. The predicted molar refractivity (Wildman–Crippen MR) is 53.4 cm³/mol. The number of thioether (sulfide) groups is 1. The highest BCUT2D eigenvalue weighted by Gasteiger charge is 1.94. The van der Waals surface area contributed by atoms with E-state index in [0.29, 0.717) is 0 Å². The number of halogens is 1. The van der Waals surface area contributed by atoms with Crippen molar-refractivity contribution in [2.75, 3.05) is 7.11 Å². The molecule has 0 aliphatic carbocycles. The Morgan fingerprint density at radius 1 is 1.57 bits per heavy atom. The summed E-state index contributed by atoms with van der Waals surface area (Å²) < 4.78 is 17.1. The van der Waals surface area contributed by atoms with Gasteiger partial charge in [-0.25, -0.2) is 9.18 Å². The topological polar surface area (TPSA) is 26.3 Å². The summed E-state index contributed by atoms with van der Waals surface area (Å²) in [6.07, 6.45) is 1.29. The maximum absolute atomic E-state index is 12.7. The van der Waals surface area contributed by atoms with Crippen molar-refractivity contribution in [3.63, 3.8) is 0 Å². The summed E-state index contributed by atoms with van der Waals surface area (Å²) >= 11 is 1.26. The maximum atomic E-state index is 12.7. The molecule has 0 N–H and O–H groups in total. The molecule has 0 saturated heterocycles. The van der Waals surface area contributed by atoms with Gasteiger partial charge >= 0.3 is 5.97 Å². The van der Waals surface area contributed by atoms with Crippen LogP contribution in [-0.2, 0) is 9.53 Å². The Hall–Kier alpha value is -1.29. The molecule has 0 aliphatic rings. The second kappa shape index (κ2) is 5.44. The standard InChI is InChI=1S/C10H9FO2S/c1-13-10(12)5-6-14-9-4-2-3-8(11)7-9/h2-7H,1H3. The van der Waals surface area contributed by atoms with Crippen molar-refractivity contribution in [2.45, 2.75) is 4.90 Å². The quantitative estimate of drug-likeness (QED) is 0.437. The lowest BCUT2D eigenvalue weighted by atomic mass is 10.4. The van der Waals surface area contributed by atoms with Crippen LogP contribution in [0.25, 0.3) is 0 Å². The molecule has 1 aromatic rings. The lowest BCUT2D eigenvalue weighted by Gasteiger charge is -1.95. The summed E-state index contributed by atoms with van der Waals surface area (Å²) in [6, 6.07) is 6.14. The molecular weight excluding hydrogens is 203 g/mol. The lowest BCUT2D eigenvalue weighted by molar-refractivity contribution is -0.134. The first-order valence-corrected chi connectivity index (χ1v) is 4.77. The second-order valence-electron chi connectivity index (χ2n) is 2.40. The molecule has 0 aliphatic heterocycles. The fourth-order valence-electron chi connectivity index (χ4n) is 0.776. The van der Waals surface area contributed by atoms with Gasteiger partial charge in [0.15, 0.2) is 0 Å². The largest absolute Gasteiger partial charge is 0.466 e. The minimum Gasteiger partial charge on any atom is -0.466 e. The summed E-state index contributed by atoms with van der Waals surface area (Å²) in [5, 5.41) is 1.56. The van der Waals surface area contributed by atoms with E-state index in [4.69, 9.17) is 0 Å². The zero-order valence-electron chi connectivity index (χ0n) is 7.57. The van der Waals surface area contributed by atoms with Crippen LogP contribution in [0.3, 0.4) is 0 Å². The third-order valence-corrected chi connectivity index (χ3v) is 2.20. The summed E-state index contributed by atoms with van der Waals surface area (Å²) in [6.45, 7) is 0. The second-order valence-corrected chi connectivity index (χ2v) is 3.38. The molecule has 0 bridgehead atoms. The Labute approximate surface area is 85.8 Å². The van der Waals surface area contributed by atoms with Crippen LogP contribution in [0.2, 0.25) is 0 Å². The molecule has 74 valence electrons. The van der Waals surface area contributed by atoms with Crippen molar-refractivity contribution in [1.29, 1.82) is 0 Å². The minimum atomic E-state index is -0.422. The lowest BCUT2D eigenvalue weighted by Crippen LogP contribution is -1.92. The zero-order valence-corrected chi connectivity index (χ0v) is 8.38. The van der Waals surface area contributed by atoms with Crippen LogP contribution in [0.5, 0.6) is 0 Å². The molecule has 0 radical (unpaired) electrons. The molecule has 4 heteroatoms. The van der Waals surface area contributed by atoms with Crippen LogP contribution in [0, 0.1) is 5.82 Å². The highest BCUT2D eigenvalue weighted by Crippen LogP contribution is 2.19. The van der Waals surface area contributed by atoms with Crippen LogP contribution in [-0.4, -0.2) is 13.1 Å². The van der Waals surface area contributed by atoms with E-state index in [2.05, 4.69) is 4.74 Å². The van der Waals surface area contributed by atoms with E-state index in [1.807, 2.05) is 0 Å². The summed E-state index contributed by atoms with van der Waals surface area (Å²) in [4.78, 5) is 11.4. The van der Waals surface area contributed by atoms with Gasteiger partial charge in [0.1, 0.15) is 5.82 Å². The highest BCUT2D eigenvalue weighted by atomic mass is 32.2. The van der Waals surface area contributed by atoms with Gasteiger partial charge in [-0.15, -0.1) is 0 Å². The molecule has 14 heavy (non-hydrogen) atoms. The number of rotatable bonds is 3. The Balaban J connectivity index is 2.53. The summed E-state index contributed by atoms with van der Waals surface area (Å²) in [5.74, 6) is -0.713. The molecule has 0 saturated carbocycles. The third kappa shape index (κ3) is 3.62. The van der Waals surface area contributed by atoms with Crippen molar-refractivity contribution in [2.24, 2.45) is 0 Å². The van der Waals surface area contributed by atoms with Crippen molar-refractivity contribution in [3.8, 4) is 0 Å². The monoisotopic (exact) mass is 212 g/mol. The van der Waals surface area contributed by atoms with Gasteiger partial charge in [0.25, 0.3) is 0 Å². The molecule has 1 aromatic carbocycles. The van der Waals surface area contributed by atoms with E-state index in [9.17, 15) is 9.18 Å².